The molecule has 5 rings (SSSR count). The molecular weight excluding hydrogens is 325 g/mol. The summed E-state index contributed by atoms with van der Waals surface area (Å²) < 4.78 is 20.8. The molecular formula is C17H14FN5O2. The van der Waals surface area contributed by atoms with Gasteiger partial charge in [0.1, 0.15) is 12.1 Å². The first-order valence-electron chi connectivity index (χ1n) is 8.07. The molecule has 3 heterocycles. The Hall–Kier alpha value is -3.03. The van der Waals surface area contributed by atoms with E-state index >= 15 is 0 Å². The van der Waals surface area contributed by atoms with Crippen molar-refractivity contribution in [2.24, 2.45) is 0 Å². The minimum Gasteiger partial charge on any atom is -0.336 e. The number of amides is 1. The number of carbonyl (C=O) groups excluding carboxylic acids is 1. The van der Waals surface area contributed by atoms with Gasteiger partial charge in [-0.15, -0.1) is 0 Å². The van der Waals surface area contributed by atoms with Crippen molar-refractivity contribution in [2.75, 3.05) is 7.05 Å². The van der Waals surface area contributed by atoms with E-state index in [1.165, 1.54) is 17.0 Å². The number of rotatable bonds is 2. The summed E-state index contributed by atoms with van der Waals surface area (Å²) in [6.07, 6.45) is 3.77. The van der Waals surface area contributed by atoms with E-state index in [2.05, 4.69) is 15.1 Å². The molecule has 1 aliphatic carbocycles. The summed E-state index contributed by atoms with van der Waals surface area (Å²) in [7, 11) is 1.67. The van der Waals surface area contributed by atoms with Crippen LogP contribution in [0.25, 0.3) is 17.3 Å². The molecule has 1 fully saturated rings. The normalized spacial score (nSPS) is 16.6. The lowest BCUT2D eigenvalue weighted by atomic mass is 10.1. The maximum Gasteiger partial charge on any atom is 0.278 e. The number of hydrogen-bond donors (Lipinski definition) is 0. The van der Waals surface area contributed by atoms with Gasteiger partial charge in [0.05, 0.1) is 23.5 Å². The molecule has 8 heteroatoms. The third-order valence-corrected chi connectivity index (χ3v) is 4.64. The highest BCUT2D eigenvalue weighted by molar-refractivity contribution is 5.98. The van der Waals surface area contributed by atoms with Crippen molar-refractivity contribution in [1.82, 2.24) is 24.6 Å². The van der Waals surface area contributed by atoms with Gasteiger partial charge in [-0.25, -0.2) is 9.37 Å². The molecule has 2 aliphatic rings. The van der Waals surface area contributed by atoms with Gasteiger partial charge < -0.3 is 9.42 Å². The number of aromatic nitrogens is 4. The molecule has 0 radical (unpaired) electrons. The number of hydrogen-bond acceptors (Lipinski definition) is 5. The van der Waals surface area contributed by atoms with Crippen LogP contribution in [0, 0.1) is 5.82 Å². The highest BCUT2D eigenvalue weighted by Crippen LogP contribution is 2.39. The van der Waals surface area contributed by atoms with Crippen LogP contribution in [-0.4, -0.2) is 37.5 Å². The van der Waals surface area contributed by atoms with Crippen LogP contribution in [0.5, 0.6) is 0 Å². The number of imidazole rings is 1. The van der Waals surface area contributed by atoms with Gasteiger partial charge in [-0.1, -0.05) is 5.16 Å². The van der Waals surface area contributed by atoms with Crippen molar-refractivity contribution in [3.05, 3.63) is 47.4 Å². The maximum absolute atomic E-state index is 13.6. The zero-order chi connectivity index (χ0) is 17.1. The molecule has 0 bridgehead atoms. The number of fused-ring (bicyclic) bond motifs is 3. The first kappa shape index (κ1) is 14.3. The summed E-state index contributed by atoms with van der Waals surface area (Å²) >= 11 is 0. The number of nitrogens with zero attached hydrogens (tertiary/aromatic N) is 5. The third-order valence-electron chi connectivity index (χ3n) is 4.64. The molecule has 0 saturated heterocycles. The van der Waals surface area contributed by atoms with Crippen LogP contribution in [0.3, 0.4) is 0 Å². The molecule has 126 valence electrons. The molecule has 1 aliphatic heterocycles. The van der Waals surface area contributed by atoms with Gasteiger partial charge in [0.25, 0.3) is 11.8 Å². The smallest absolute Gasteiger partial charge is 0.278 e. The van der Waals surface area contributed by atoms with Crippen molar-refractivity contribution in [2.45, 2.75) is 25.3 Å². The first-order valence-corrected chi connectivity index (χ1v) is 8.07. The van der Waals surface area contributed by atoms with Crippen molar-refractivity contribution >= 4 is 5.91 Å². The molecule has 1 amide bonds. The van der Waals surface area contributed by atoms with Gasteiger partial charge in [0.15, 0.2) is 11.5 Å². The van der Waals surface area contributed by atoms with Crippen LogP contribution in [0.1, 0.15) is 40.6 Å². The van der Waals surface area contributed by atoms with E-state index < -0.39 is 5.82 Å². The van der Waals surface area contributed by atoms with E-state index in [1.54, 1.807) is 24.0 Å². The Labute approximate surface area is 142 Å². The lowest BCUT2D eigenvalue weighted by Gasteiger charge is -2.14. The molecule has 3 aromatic rings. The summed E-state index contributed by atoms with van der Waals surface area (Å²) in [5.41, 5.74) is 2.20. The van der Waals surface area contributed by atoms with E-state index in [0.29, 0.717) is 41.1 Å². The Bertz CT molecular complexity index is 1000. The molecule has 7 nitrogen and oxygen atoms in total. The summed E-state index contributed by atoms with van der Waals surface area (Å²) in [6.45, 7) is 0.311. The van der Waals surface area contributed by atoms with Crippen LogP contribution < -0.4 is 0 Å². The largest absolute Gasteiger partial charge is 0.336 e. The van der Waals surface area contributed by atoms with Crippen LogP contribution in [0.4, 0.5) is 4.39 Å². The second-order valence-electron chi connectivity index (χ2n) is 6.46. The average Bonchev–Trinajstić information content (AvgIpc) is 3.22. The summed E-state index contributed by atoms with van der Waals surface area (Å²) in [4.78, 5) is 23.0. The zero-order valence-electron chi connectivity index (χ0n) is 13.4. The minimum atomic E-state index is -0.449. The van der Waals surface area contributed by atoms with Crippen molar-refractivity contribution < 1.29 is 13.7 Å². The minimum absolute atomic E-state index is 0.242. The van der Waals surface area contributed by atoms with E-state index in [4.69, 9.17) is 4.52 Å². The second-order valence-corrected chi connectivity index (χ2v) is 6.46. The fraction of sp³-hybridized carbons (Fsp3) is 0.294. The lowest BCUT2D eigenvalue weighted by molar-refractivity contribution is 0.0787. The van der Waals surface area contributed by atoms with Crippen LogP contribution in [-0.2, 0) is 6.54 Å². The third kappa shape index (κ3) is 2.17. The molecule has 0 spiro atoms. The van der Waals surface area contributed by atoms with E-state index in [0.717, 1.165) is 18.5 Å². The second kappa shape index (κ2) is 4.98. The highest BCUT2D eigenvalue weighted by Gasteiger charge is 2.32. The van der Waals surface area contributed by atoms with E-state index in [9.17, 15) is 9.18 Å². The van der Waals surface area contributed by atoms with Crippen LogP contribution >= 0.6 is 0 Å². The zero-order valence-corrected chi connectivity index (χ0v) is 13.4. The van der Waals surface area contributed by atoms with Crippen molar-refractivity contribution in [1.29, 1.82) is 0 Å². The molecule has 1 aromatic carbocycles. The monoisotopic (exact) mass is 339 g/mol. The molecule has 25 heavy (non-hydrogen) atoms. The predicted octanol–water partition coefficient (Wildman–Crippen LogP) is 2.52. The lowest BCUT2D eigenvalue weighted by Crippen LogP contribution is -2.25. The topological polar surface area (TPSA) is 77.1 Å². The number of halogens is 1. The van der Waals surface area contributed by atoms with Crippen LogP contribution in [0.15, 0.2) is 29.0 Å². The van der Waals surface area contributed by atoms with Gasteiger partial charge in [0, 0.05) is 13.0 Å². The van der Waals surface area contributed by atoms with Crippen molar-refractivity contribution in [3.8, 4) is 17.3 Å². The molecule has 0 unspecified atom stereocenters. The summed E-state index contributed by atoms with van der Waals surface area (Å²) in [6, 6.07) is 4.17. The molecule has 0 atom stereocenters. The Morgan fingerprint density at radius 2 is 2.16 bits per heavy atom. The van der Waals surface area contributed by atoms with E-state index in [1.807, 2.05) is 0 Å². The van der Waals surface area contributed by atoms with Gasteiger partial charge in [-0.05, 0) is 31.0 Å². The highest BCUT2D eigenvalue weighted by atomic mass is 19.1. The molecule has 1 saturated carbocycles. The summed E-state index contributed by atoms with van der Waals surface area (Å²) in [5.74, 6) is 0.745. The molecule has 0 N–H and O–H groups in total. The number of carbonyl (C=O) groups is 1. The summed E-state index contributed by atoms with van der Waals surface area (Å²) in [5, 5.41) is 4.03. The Morgan fingerprint density at radius 3 is 2.96 bits per heavy atom. The van der Waals surface area contributed by atoms with Gasteiger partial charge in [0.2, 0.25) is 0 Å². The fourth-order valence-corrected chi connectivity index (χ4v) is 3.14. The van der Waals surface area contributed by atoms with Crippen molar-refractivity contribution in [3.63, 3.8) is 0 Å². The van der Waals surface area contributed by atoms with Crippen LogP contribution in [0.2, 0.25) is 0 Å². The standard InChI is InChI=1S/C17H14FN5O2/c1-22-7-13-14(16-20-15(21-25-16)9-2-3-9)19-8-23(13)12-5-4-10(18)6-11(12)17(22)24/h4-6,8-9H,2-3,7H2,1H3. The quantitative estimate of drug-likeness (QED) is 0.717. The Morgan fingerprint density at radius 1 is 1.32 bits per heavy atom. The van der Waals surface area contributed by atoms with Gasteiger partial charge in [-0.2, -0.15) is 4.98 Å². The first-order chi connectivity index (χ1) is 12.1. The average molecular weight is 339 g/mol. The van der Waals surface area contributed by atoms with E-state index in [-0.39, 0.29) is 5.91 Å². The fourth-order valence-electron chi connectivity index (χ4n) is 3.14. The molecule has 2 aromatic heterocycles. The Balaban J connectivity index is 1.67. The maximum atomic E-state index is 13.6. The van der Waals surface area contributed by atoms with Gasteiger partial charge >= 0.3 is 0 Å². The Kier molecular flexibility index (Phi) is 2.85. The van der Waals surface area contributed by atoms with Gasteiger partial charge in [-0.3, -0.25) is 9.36 Å². The number of benzene rings is 1. The SMILES string of the molecule is CN1Cc2c(-c3nc(C4CC4)no3)ncn2-c2ccc(F)cc2C1=O. The predicted molar refractivity (Wildman–Crippen MR) is 84.6 cm³/mol.